The number of hydrogen-bond acceptors (Lipinski definition) is 2. The molecule has 3 saturated carbocycles. The average molecular weight is 232 g/mol. The first-order chi connectivity index (χ1) is 8.21. The number of hydrogen-bond donors (Lipinski definition) is 1. The van der Waals surface area contributed by atoms with Gasteiger partial charge in [0, 0.05) is 6.42 Å². The van der Waals surface area contributed by atoms with Gasteiger partial charge in [0.05, 0.1) is 6.07 Å². The molecular formula is C14H20N2O. The van der Waals surface area contributed by atoms with Crippen LogP contribution in [0.15, 0.2) is 0 Å². The van der Waals surface area contributed by atoms with Crippen molar-refractivity contribution in [1.29, 1.82) is 5.26 Å². The number of nitrogens with zero attached hydrogens (tertiary/aromatic N) is 1. The number of rotatable bonds is 3. The molecule has 1 amide bonds. The third-order valence-corrected chi connectivity index (χ3v) is 5.13. The van der Waals surface area contributed by atoms with Gasteiger partial charge < -0.3 is 5.32 Å². The van der Waals surface area contributed by atoms with E-state index in [0.717, 1.165) is 31.1 Å². The number of fused-ring (bicyclic) bond motifs is 2. The summed E-state index contributed by atoms with van der Waals surface area (Å²) in [7, 11) is 0. The molecule has 0 aromatic rings. The summed E-state index contributed by atoms with van der Waals surface area (Å²) in [5.74, 6) is 2.41. The van der Waals surface area contributed by atoms with Gasteiger partial charge in [0.2, 0.25) is 5.91 Å². The molecule has 3 rings (SSSR count). The lowest BCUT2D eigenvalue weighted by atomic mass is 9.77. The lowest BCUT2D eigenvalue weighted by Gasteiger charge is -2.36. The summed E-state index contributed by atoms with van der Waals surface area (Å²) in [5.41, 5.74) is -0.505. The monoisotopic (exact) mass is 232 g/mol. The molecule has 3 fully saturated rings. The lowest BCUT2D eigenvalue weighted by molar-refractivity contribution is -0.124. The molecule has 0 aromatic carbocycles. The molecule has 0 radical (unpaired) electrons. The van der Waals surface area contributed by atoms with Crippen LogP contribution in [0.2, 0.25) is 0 Å². The predicted molar refractivity (Wildman–Crippen MR) is 63.9 cm³/mol. The Kier molecular flexibility index (Phi) is 2.61. The van der Waals surface area contributed by atoms with E-state index in [1.165, 1.54) is 25.7 Å². The van der Waals surface area contributed by atoms with Crippen molar-refractivity contribution < 1.29 is 4.79 Å². The topological polar surface area (TPSA) is 52.9 Å². The van der Waals surface area contributed by atoms with Crippen LogP contribution >= 0.6 is 0 Å². The second-order valence-corrected chi connectivity index (χ2v) is 6.23. The molecule has 3 aliphatic carbocycles. The van der Waals surface area contributed by atoms with Crippen molar-refractivity contribution in [1.82, 2.24) is 5.32 Å². The number of nitriles is 1. The molecule has 0 aromatic heterocycles. The van der Waals surface area contributed by atoms with Crippen molar-refractivity contribution in [3.05, 3.63) is 0 Å². The third kappa shape index (κ3) is 1.94. The van der Waals surface area contributed by atoms with Crippen molar-refractivity contribution in [3.63, 3.8) is 0 Å². The van der Waals surface area contributed by atoms with Gasteiger partial charge in [-0.05, 0) is 56.3 Å². The highest BCUT2D eigenvalue weighted by Gasteiger charge is 2.42. The van der Waals surface area contributed by atoms with Crippen LogP contribution < -0.4 is 5.32 Å². The molecule has 3 heteroatoms. The first-order valence-corrected chi connectivity index (χ1v) is 6.93. The molecule has 0 heterocycles. The maximum absolute atomic E-state index is 12.0. The van der Waals surface area contributed by atoms with E-state index in [0.29, 0.717) is 12.3 Å². The fourth-order valence-electron chi connectivity index (χ4n) is 3.98. The summed E-state index contributed by atoms with van der Waals surface area (Å²) < 4.78 is 0. The Morgan fingerprint density at radius 2 is 2.18 bits per heavy atom. The summed E-state index contributed by atoms with van der Waals surface area (Å²) >= 11 is 0. The van der Waals surface area contributed by atoms with E-state index in [-0.39, 0.29) is 5.91 Å². The Morgan fingerprint density at radius 1 is 1.35 bits per heavy atom. The van der Waals surface area contributed by atoms with Crippen molar-refractivity contribution in [2.75, 3.05) is 0 Å². The summed E-state index contributed by atoms with van der Waals surface area (Å²) in [4.78, 5) is 12.0. The van der Waals surface area contributed by atoms with Crippen LogP contribution in [-0.2, 0) is 4.79 Å². The van der Waals surface area contributed by atoms with E-state index in [9.17, 15) is 4.79 Å². The maximum atomic E-state index is 12.0. The molecule has 1 N–H and O–H groups in total. The van der Waals surface area contributed by atoms with E-state index in [1.807, 2.05) is 0 Å². The van der Waals surface area contributed by atoms with Crippen molar-refractivity contribution in [3.8, 4) is 6.07 Å². The quantitative estimate of drug-likeness (QED) is 0.812. The molecule has 0 spiro atoms. The molecule has 3 aliphatic rings. The molecular weight excluding hydrogens is 212 g/mol. The summed E-state index contributed by atoms with van der Waals surface area (Å²) in [6.07, 6.45) is 8.71. The fraction of sp³-hybridized carbons (Fsp3) is 0.857. The summed E-state index contributed by atoms with van der Waals surface area (Å²) in [5, 5.41) is 12.1. The van der Waals surface area contributed by atoms with E-state index >= 15 is 0 Å². The van der Waals surface area contributed by atoms with Gasteiger partial charge >= 0.3 is 0 Å². The number of carbonyl (C=O) groups excluding carboxylic acids is 1. The standard InChI is InChI=1S/C14H20N2O/c15-9-14(4-1-5-14)16-13(17)8-12-7-10-2-3-11(12)6-10/h10-12H,1-8H2,(H,16,17)/t10-,11-,12+/m0/s1. The first-order valence-electron chi connectivity index (χ1n) is 6.93. The Bertz CT molecular complexity index is 367. The van der Waals surface area contributed by atoms with Crippen molar-refractivity contribution in [2.24, 2.45) is 17.8 Å². The normalized spacial score (nSPS) is 37.2. The van der Waals surface area contributed by atoms with Crippen LogP contribution in [0.25, 0.3) is 0 Å². The molecule has 0 saturated heterocycles. The van der Waals surface area contributed by atoms with Crippen LogP contribution in [0.1, 0.15) is 51.4 Å². The van der Waals surface area contributed by atoms with Gasteiger partial charge in [0.25, 0.3) is 0 Å². The zero-order chi connectivity index (χ0) is 11.9. The van der Waals surface area contributed by atoms with Gasteiger partial charge in [-0.25, -0.2) is 0 Å². The Balaban J connectivity index is 1.52. The molecule has 92 valence electrons. The maximum Gasteiger partial charge on any atom is 0.221 e. The van der Waals surface area contributed by atoms with Gasteiger partial charge in [0.1, 0.15) is 5.54 Å². The minimum Gasteiger partial charge on any atom is -0.338 e. The molecule has 0 unspecified atom stereocenters. The number of nitrogens with one attached hydrogen (secondary N) is 1. The molecule has 2 bridgehead atoms. The average Bonchev–Trinajstić information content (AvgIpc) is 2.85. The SMILES string of the molecule is N#CC1(NC(=O)C[C@H]2C[C@H]3CC[C@H]2C3)CCC1. The highest BCUT2D eigenvalue weighted by molar-refractivity contribution is 5.77. The number of carbonyl (C=O) groups is 1. The molecule has 17 heavy (non-hydrogen) atoms. The molecule has 3 atom stereocenters. The van der Waals surface area contributed by atoms with Crippen LogP contribution in [0.3, 0.4) is 0 Å². The first kappa shape index (κ1) is 11.1. The largest absolute Gasteiger partial charge is 0.338 e. The van der Waals surface area contributed by atoms with Crippen LogP contribution in [0.4, 0.5) is 0 Å². The molecule has 0 aliphatic heterocycles. The van der Waals surface area contributed by atoms with Gasteiger partial charge in [-0.1, -0.05) is 6.42 Å². The Hall–Kier alpha value is -1.04. The highest BCUT2D eigenvalue weighted by atomic mass is 16.1. The number of amides is 1. The van der Waals surface area contributed by atoms with Crippen LogP contribution in [0, 0.1) is 29.1 Å². The van der Waals surface area contributed by atoms with E-state index in [4.69, 9.17) is 5.26 Å². The minimum absolute atomic E-state index is 0.115. The zero-order valence-corrected chi connectivity index (χ0v) is 10.2. The predicted octanol–water partition coefficient (Wildman–Crippen LogP) is 2.38. The lowest BCUT2D eigenvalue weighted by Crippen LogP contribution is -2.52. The van der Waals surface area contributed by atoms with Crippen LogP contribution in [-0.4, -0.2) is 11.4 Å². The van der Waals surface area contributed by atoms with Gasteiger partial charge in [0.15, 0.2) is 0 Å². The fourth-order valence-corrected chi connectivity index (χ4v) is 3.98. The minimum atomic E-state index is -0.505. The second-order valence-electron chi connectivity index (χ2n) is 6.23. The van der Waals surface area contributed by atoms with E-state index in [2.05, 4.69) is 11.4 Å². The van der Waals surface area contributed by atoms with Gasteiger partial charge in [-0.15, -0.1) is 0 Å². The highest BCUT2D eigenvalue weighted by Crippen LogP contribution is 2.49. The third-order valence-electron chi connectivity index (χ3n) is 5.13. The van der Waals surface area contributed by atoms with Gasteiger partial charge in [-0.2, -0.15) is 5.26 Å². The summed E-state index contributed by atoms with van der Waals surface area (Å²) in [6, 6.07) is 2.27. The Labute approximate surface area is 103 Å². The van der Waals surface area contributed by atoms with Crippen molar-refractivity contribution in [2.45, 2.75) is 56.9 Å². The van der Waals surface area contributed by atoms with Gasteiger partial charge in [-0.3, -0.25) is 4.79 Å². The van der Waals surface area contributed by atoms with E-state index in [1.54, 1.807) is 0 Å². The Morgan fingerprint density at radius 3 is 2.65 bits per heavy atom. The van der Waals surface area contributed by atoms with E-state index < -0.39 is 5.54 Å². The summed E-state index contributed by atoms with van der Waals surface area (Å²) in [6.45, 7) is 0. The molecule has 3 nitrogen and oxygen atoms in total. The second kappa shape index (κ2) is 4.01. The van der Waals surface area contributed by atoms with Crippen LogP contribution in [0.5, 0.6) is 0 Å². The smallest absolute Gasteiger partial charge is 0.221 e. The van der Waals surface area contributed by atoms with Crippen molar-refractivity contribution >= 4 is 5.91 Å². The zero-order valence-electron chi connectivity index (χ0n) is 10.2.